The molecule has 0 bridgehead atoms. The lowest BCUT2D eigenvalue weighted by Gasteiger charge is -2.14. The maximum Gasteiger partial charge on any atom is 0.124 e. The molecule has 0 aromatic heterocycles. The smallest absolute Gasteiger partial charge is 0.124 e. The van der Waals surface area contributed by atoms with Gasteiger partial charge in [0, 0.05) is 0 Å². The fourth-order valence-electron chi connectivity index (χ4n) is 2.22. The van der Waals surface area contributed by atoms with Crippen LogP contribution < -0.4 is 0 Å². The third-order valence-corrected chi connectivity index (χ3v) is 3.12. The molecule has 2 aromatic carbocycles. The molecule has 2 aromatic rings. The third-order valence-electron chi connectivity index (χ3n) is 3.12. The van der Waals surface area contributed by atoms with Crippen molar-refractivity contribution in [1.82, 2.24) is 0 Å². The topological polar surface area (TPSA) is 0 Å². The van der Waals surface area contributed by atoms with Gasteiger partial charge in [-0.2, -0.15) is 0 Å². The van der Waals surface area contributed by atoms with E-state index in [0.29, 0.717) is 5.92 Å². The molecular formula is C16H17F. The van der Waals surface area contributed by atoms with Crippen molar-refractivity contribution in [2.45, 2.75) is 26.7 Å². The minimum Gasteiger partial charge on any atom is -0.207 e. The summed E-state index contributed by atoms with van der Waals surface area (Å²) in [5.41, 5.74) is 4.33. The summed E-state index contributed by atoms with van der Waals surface area (Å²) >= 11 is 0. The van der Waals surface area contributed by atoms with E-state index in [1.54, 1.807) is 12.1 Å². The number of halogens is 1. The quantitative estimate of drug-likeness (QED) is 0.684. The molecule has 88 valence electrons. The van der Waals surface area contributed by atoms with Crippen LogP contribution in [0.25, 0.3) is 11.1 Å². The second-order valence-corrected chi connectivity index (χ2v) is 4.69. The highest BCUT2D eigenvalue weighted by Gasteiger charge is 2.11. The van der Waals surface area contributed by atoms with E-state index in [1.807, 2.05) is 30.3 Å². The van der Waals surface area contributed by atoms with Crippen molar-refractivity contribution in [2.24, 2.45) is 0 Å². The van der Waals surface area contributed by atoms with Crippen LogP contribution in [0.15, 0.2) is 42.5 Å². The van der Waals surface area contributed by atoms with Gasteiger partial charge in [0.25, 0.3) is 0 Å². The Kier molecular flexibility index (Phi) is 3.28. The maximum absolute atomic E-state index is 13.7. The zero-order valence-electron chi connectivity index (χ0n) is 10.5. The van der Waals surface area contributed by atoms with E-state index in [9.17, 15) is 4.39 Å². The van der Waals surface area contributed by atoms with Gasteiger partial charge >= 0.3 is 0 Å². The molecule has 0 unspecified atom stereocenters. The molecule has 0 amide bonds. The fourth-order valence-corrected chi connectivity index (χ4v) is 2.22. The highest BCUT2D eigenvalue weighted by molar-refractivity contribution is 5.68. The van der Waals surface area contributed by atoms with E-state index >= 15 is 0 Å². The summed E-state index contributed by atoms with van der Waals surface area (Å²) < 4.78 is 13.7. The van der Waals surface area contributed by atoms with Crippen molar-refractivity contribution in [2.75, 3.05) is 0 Å². The van der Waals surface area contributed by atoms with Gasteiger partial charge < -0.3 is 0 Å². The Balaban J connectivity index is 2.63. The van der Waals surface area contributed by atoms with E-state index in [-0.39, 0.29) is 5.82 Å². The Hall–Kier alpha value is -1.63. The average Bonchev–Trinajstić information content (AvgIpc) is 2.32. The van der Waals surface area contributed by atoms with Gasteiger partial charge in [-0.3, -0.25) is 0 Å². The second kappa shape index (κ2) is 4.70. The largest absolute Gasteiger partial charge is 0.207 e. The lowest BCUT2D eigenvalue weighted by Crippen LogP contribution is -1.96. The summed E-state index contributed by atoms with van der Waals surface area (Å²) in [5.74, 6) is 0.186. The first-order chi connectivity index (χ1) is 8.09. The first-order valence-corrected chi connectivity index (χ1v) is 5.95. The van der Waals surface area contributed by atoms with Gasteiger partial charge in [0.05, 0.1) is 0 Å². The van der Waals surface area contributed by atoms with E-state index < -0.39 is 0 Å². The van der Waals surface area contributed by atoms with E-state index in [1.165, 1.54) is 5.56 Å². The molecule has 17 heavy (non-hydrogen) atoms. The number of hydrogen-bond acceptors (Lipinski definition) is 0. The van der Waals surface area contributed by atoms with Gasteiger partial charge in [-0.1, -0.05) is 44.2 Å². The van der Waals surface area contributed by atoms with Gasteiger partial charge in [-0.25, -0.2) is 4.39 Å². The summed E-state index contributed by atoms with van der Waals surface area (Å²) in [6.07, 6.45) is 0. The fraction of sp³-hybridized carbons (Fsp3) is 0.250. The van der Waals surface area contributed by atoms with Gasteiger partial charge in [-0.15, -0.1) is 0 Å². The highest BCUT2D eigenvalue weighted by atomic mass is 19.1. The van der Waals surface area contributed by atoms with Crippen LogP contribution in [-0.4, -0.2) is 0 Å². The van der Waals surface area contributed by atoms with Gasteiger partial charge in [0.2, 0.25) is 0 Å². The first-order valence-electron chi connectivity index (χ1n) is 5.95. The lowest BCUT2D eigenvalue weighted by molar-refractivity contribution is 0.623. The molecule has 0 radical (unpaired) electrons. The Morgan fingerprint density at radius 3 is 2.24 bits per heavy atom. The molecule has 0 atom stereocenters. The predicted octanol–water partition coefficient (Wildman–Crippen LogP) is 4.92. The Morgan fingerprint density at radius 2 is 1.65 bits per heavy atom. The molecule has 0 N–H and O–H groups in total. The van der Waals surface area contributed by atoms with Crippen molar-refractivity contribution < 1.29 is 4.39 Å². The molecule has 0 saturated carbocycles. The van der Waals surface area contributed by atoms with Crippen LogP contribution in [0.1, 0.15) is 30.9 Å². The minimum atomic E-state index is -0.154. The SMILES string of the molecule is Cc1c(-c2ccccc2)cc(F)cc1C(C)C. The molecule has 0 aliphatic rings. The van der Waals surface area contributed by atoms with Crippen molar-refractivity contribution in [3.63, 3.8) is 0 Å². The van der Waals surface area contributed by atoms with Crippen molar-refractivity contribution in [3.8, 4) is 11.1 Å². The van der Waals surface area contributed by atoms with Crippen molar-refractivity contribution >= 4 is 0 Å². The zero-order chi connectivity index (χ0) is 12.4. The Morgan fingerprint density at radius 1 is 1.00 bits per heavy atom. The predicted molar refractivity (Wildman–Crippen MR) is 70.7 cm³/mol. The van der Waals surface area contributed by atoms with Crippen LogP contribution in [0, 0.1) is 12.7 Å². The van der Waals surface area contributed by atoms with Crippen LogP contribution in [0.2, 0.25) is 0 Å². The van der Waals surface area contributed by atoms with Crippen LogP contribution in [0.3, 0.4) is 0 Å². The van der Waals surface area contributed by atoms with E-state index in [2.05, 4.69) is 20.8 Å². The lowest BCUT2D eigenvalue weighted by atomic mass is 9.91. The summed E-state index contributed by atoms with van der Waals surface area (Å²) in [6.45, 7) is 6.25. The van der Waals surface area contributed by atoms with Crippen LogP contribution in [0.4, 0.5) is 4.39 Å². The normalized spacial score (nSPS) is 10.9. The highest BCUT2D eigenvalue weighted by Crippen LogP contribution is 2.30. The molecule has 0 aliphatic heterocycles. The monoisotopic (exact) mass is 228 g/mol. The van der Waals surface area contributed by atoms with Gasteiger partial charge in [0.15, 0.2) is 0 Å². The number of benzene rings is 2. The van der Waals surface area contributed by atoms with E-state index in [4.69, 9.17) is 0 Å². The Bertz CT molecular complexity index is 513. The average molecular weight is 228 g/mol. The molecule has 0 aliphatic carbocycles. The molecule has 0 nitrogen and oxygen atoms in total. The number of rotatable bonds is 2. The number of hydrogen-bond donors (Lipinski definition) is 0. The Labute approximate surface area is 102 Å². The molecular weight excluding hydrogens is 211 g/mol. The van der Waals surface area contributed by atoms with Gasteiger partial charge in [0.1, 0.15) is 5.82 Å². The first kappa shape index (κ1) is 11.8. The van der Waals surface area contributed by atoms with E-state index in [0.717, 1.165) is 16.7 Å². The summed E-state index contributed by atoms with van der Waals surface area (Å²) in [7, 11) is 0. The van der Waals surface area contributed by atoms with Crippen LogP contribution >= 0.6 is 0 Å². The molecule has 0 heterocycles. The molecule has 2 rings (SSSR count). The second-order valence-electron chi connectivity index (χ2n) is 4.69. The maximum atomic E-state index is 13.7. The van der Waals surface area contributed by atoms with Crippen LogP contribution in [0.5, 0.6) is 0 Å². The summed E-state index contributed by atoms with van der Waals surface area (Å²) in [6, 6.07) is 13.2. The minimum absolute atomic E-state index is 0.154. The summed E-state index contributed by atoms with van der Waals surface area (Å²) in [5, 5.41) is 0. The summed E-state index contributed by atoms with van der Waals surface area (Å²) in [4.78, 5) is 0. The molecule has 0 saturated heterocycles. The molecule has 1 heteroatoms. The van der Waals surface area contributed by atoms with Gasteiger partial charge in [-0.05, 0) is 47.2 Å². The van der Waals surface area contributed by atoms with Crippen molar-refractivity contribution in [1.29, 1.82) is 0 Å². The standard InChI is InChI=1S/C16H17F/c1-11(2)15-9-14(17)10-16(12(15)3)13-7-5-4-6-8-13/h4-11H,1-3H3. The zero-order valence-corrected chi connectivity index (χ0v) is 10.5. The molecule has 0 fully saturated rings. The van der Waals surface area contributed by atoms with Crippen molar-refractivity contribution in [3.05, 3.63) is 59.4 Å². The van der Waals surface area contributed by atoms with Crippen LogP contribution in [-0.2, 0) is 0 Å². The third kappa shape index (κ3) is 2.38. The molecule has 0 spiro atoms.